The van der Waals surface area contributed by atoms with E-state index in [2.05, 4.69) is 76.6 Å². The van der Waals surface area contributed by atoms with Gasteiger partial charge < -0.3 is 14.0 Å². The van der Waals surface area contributed by atoms with Gasteiger partial charge >= 0.3 is 11.9 Å². The molecule has 0 bridgehead atoms. The normalized spacial score (nSPS) is 17.7. The first-order chi connectivity index (χ1) is 23.9. The Hall–Kier alpha value is -2.14. The fourth-order valence-electron chi connectivity index (χ4n) is 6.73. The summed E-state index contributed by atoms with van der Waals surface area (Å²) in [7, 11) is 4.42. The predicted octanol–water partition coefficient (Wildman–Crippen LogP) is 12.0. The molecule has 0 aromatic heterocycles. The van der Waals surface area contributed by atoms with Crippen LogP contribution in [0.25, 0.3) is 0 Å². The number of unbranched alkanes of at least 4 members (excludes halogenated alkanes) is 16. The maximum Gasteiger partial charge on any atom is 0.305 e. The largest absolute Gasteiger partial charge is 0.465 e. The zero-order valence-corrected chi connectivity index (χ0v) is 32.7. The standard InChI is InChI=1S/C44H78NO4/c1-5-7-9-11-13-15-17-19-21-23-25-27-29-31-33-35-43(46)48-39-41-37-45(3,4)38-42(41)40-49-44(47)36-34-32-30-28-26-24-22-20-18-16-14-12-10-8-6-2/h13-16,19-22,41-42H,5-12,17-18,23-40H2,1-4H3/q+1/b15-13-,16-14-,21-19-,22-20-/t41-,42?/m0/s1. The second kappa shape index (κ2) is 31.8. The van der Waals surface area contributed by atoms with Crippen LogP contribution in [0, 0.1) is 11.8 Å². The van der Waals surface area contributed by atoms with E-state index in [4.69, 9.17) is 9.47 Å². The number of likely N-dealkylation sites (tertiary alicyclic amines) is 1. The Morgan fingerprint density at radius 2 is 0.816 bits per heavy atom. The van der Waals surface area contributed by atoms with E-state index in [1.807, 2.05) is 0 Å². The van der Waals surface area contributed by atoms with Gasteiger partial charge in [0.05, 0.1) is 39.0 Å². The molecule has 0 amide bonds. The fraction of sp³-hybridized carbons (Fsp3) is 0.773. The number of carbonyl (C=O) groups excluding carboxylic acids is 2. The molecule has 0 N–H and O–H groups in total. The lowest BCUT2D eigenvalue weighted by Crippen LogP contribution is -2.37. The van der Waals surface area contributed by atoms with Gasteiger partial charge in [-0.05, 0) is 77.0 Å². The molecule has 1 rings (SSSR count). The second-order valence-corrected chi connectivity index (χ2v) is 15.1. The molecule has 0 aliphatic carbocycles. The Morgan fingerprint density at radius 1 is 0.490 bits per heavy atom. The molecule has 1 saturated heterocycles. The first-order valence-corrected chi connectivity index (χ1v) is 20.6. The van der Waals surface area contributed by atoms with Crippen molar-refractivity contribution in [3.8, 4) is 0 Å². The number of hydrogen-bond donors (Lipinski definition) is 0. The molecule has 1 heterocycles. The molecule has 2 atom stereocenters. The van der Waals surface area contributed by atoms with Crippen LogP contribution in [0.2, 0.25) is 0 Å². The van der Waals surface area contributed by atoms with Crippen LogP contribution >= 0.6 is 0 Å². The van der Waals surface area contributed by atoms with Crippen molar-refractivity contribution in [1.29, 1.82) is 0 Å². The summed E-state index contributed by atoms with van der Waals surface area (Å²) in [6, 6.07) is 0. The van der Waals surface area contributed by atoms with E-state index in [9.17, 15) is 9.59 Å². The average molecular weight is 685 g/mol. The van der Waals surface area contributed by atoms with Crippen molar-refractivity contribution >= 4 is 11.9 Å². The molecule has 1 unspecified atom stereocenters. The van der Waals surface area contributed by atoms with Crippen LogP contribution in [-0.2, 0) is 19.1 Å². The highest BCUT2D eigenvalue weighted by molar-refractivity contribution is 5.69. The number of allylic oxidation sites excluding steroid dienone is 8. The number of quaternary nitrogens is 1. The number of hydrogen-bond acceptors (Lipinski definition) is 4. The van der Waals surface area contributed by atoms with Crippen molar-refractivity contribution in [2.24, 2.45) is 11.8 Å². The third-order valence-electron chi connectivity index (χ3n) is 9.70. The van der Waals surface area contributed by atoms with Crippen molar-refractivity contribution in [2.45, 2.75) is 168 Å². The van der Waals surface area contributed by atoms with Crippen molar-refractivity contribution < 1.29 is 23.5 Å². The van der Waals surface area contributed by atoms with Crippen LogP contribution in [0.5, 0.6) is 0 Å². The molecule has 0 aromatic rings. The first-order valence-electron chi connectivity index (χ1n) is 20.6. The SMILES string of the molecule is CCCCC/C=C\C/C=C\CCCCCCCC(=O)OCC1C[N+](C)(C)C[C@H]1COC(=O)CCCCCCC/C=C\C/C=C\CCCCC. The molecular weight excluding hydrogens is 606 g/mol. The van der Waals surface area contributed by atoms with Crippen LogP contribution in [0.3, 0.4) is 0 Å². The van der Waals surface area contributed by atoms with Crippen LogP contribution in [0.1, 0.15) is 168 Å². The van der Waals surface area contributed by atoms with Crippen LogP contribution in [0.15, 0.2) is 48.6 Å². The second-order valence-electron chi connectivity index (χ2n) is 15.1. The minimum atomic E-state index is -0.0834. The van der Waals surface area contributed by atoms with Crippen LogP contribution in [-0.4, -0.2) is 56.8 Å². The van der Waals surface area contributed by atoms with Gasteiger partial charge in [0.2, 0.25) is 0 Å². The summed E-state index contributed by atoms with van der Waals surface area (Å²) in [5.41, 5.74) is 0. The first kappa shape index (κ1) is 44.9. The summed E-state index contributed by atoms with van der Waals surface area (Å²) in [6.07, 6.45) is 45.3. The fourth-order valence-corrected chi connectivity index (χ4v) is 6.73. The highest BCUT2D eigenvalue weighted by Gasteiger charge is 2.41. The molecule has 1 aliphatic heterocycles. The highest BCUT2D eigenvalue weighted by Crippen LogP contribution is 2.28. The van der Waals surface area contributed by atoms with Gasteiger partial charge in [-0.15, -0.1) is 0 Å². The van der Waals surface area contributed by atoms with Crippen molar-refractivity contribution in [2.75, 3.05) is 40.4 Å². The van der Waals surface area contributed by atoms with E-state index in [0.717, 1.165) is 68.9 Å². The Kier molecular flexibility index (Phi) is 29.1. The van der Waals surface area contributed by atoms with Gasteiger partial charge in [0.15, 0.2) is 0 Å². The summed E-state index contributed by atoms with van der Waals surface area (Å²) in [4.78, 5) is 24.9. The number of carbonyl (C=O) groups is 2. The van der Waals surface area contributed by atoms with Crippen LogP contribution < -0.4 is 0 Å². The maximum atomic E-state index is 12.5. The van der Waals surface area contributed by atoms with Gasteiger partial charge in [-0.2, -0.15) is 0 Å². The molecule has 0 spiro atoms. The molecule has 5 nitrogen and oxygen atoms in total. The van der Waals surface area contributed by atoms with E-state index >= 15 is 0 Å². The van der Waals surface area contributed by atoms with Gasteiger partial charge in [-0.25, -0.2) is 0 Å². The van der Waals surface area contributed by atoms with E-state index < -0.39 is 0 Å². The zero-order chi connectivity index (χ0) is 35.7. The minimum Gasteiger partial charge on any atom is -0.465 e. The number of nitrogens with zero attached hydrogens (tertiary/aromatic N) is 1. The zero-order valence-electron chi connectivity index (χ0n) is 32.7. The quantitative estimate of drug-likeness (QED) is 0.0306. The molecule has 49 heavy (non-hydrogen) atoms. The lowest BCUT2D eigenvalue weighted by atomic mass is 9.98. The summed E-state index contributed by atoms with van der Waals surface area (Å²) < 4.78 is 12.3. The lowest BCUT2D eigenvalue weighted by Gasteiger charge is -2.23. The number of ether oxygens (including phenoxy) is 2. The van der Waals surface area contributed by atoms with Gasteiger partial charge in [0, 0.05) is 12.8 Å². The molecule has 282 valence electrons. The predicted molar refractivity (Wildman–Crippen MR) is 209 cm³/mol. The summed E-state index contributed by atoms with van der Waals surface area (Å²) in [6.45, 7) is 7.27. The van der Waals surface area contributed by atoms with Gasteiger partial charge in [0.1, 0.15) is 13.2 Å². The molecular formula is C44H78NO4+. The maximum absolute atomic E-state index is 12.5. The van der Waals surface area contributed by atoms with E-state index in [1.54, 1.807) is 0 Å². The van der Waals surface area contributed by atoms with E-state index in [1.165, 1.54) is 89.9 Å². The van der Waals surface area contributed by atoms with Crippen molar-refractivity contribution in [1.82, 2.24) is 0 Å². The Labute approximate surface area is 303 Å². The topological polar surface area (TPSA) is 52.6 Å². The summed E-state index contributed by atoms with van der Waals surface area (Å²) >= 11 is 0. The van der Waals surface area contributed by atoms with Gasteiger partial charge in [0.25, 0.3) is 0 Å². The Bertz CT molecular complexity index is 846. The van der Waals surface area contributed by atoms with Crippen molar-refractivity contribution in [3.63, 3.8) is 0 Å². The molecule has 5 heteroatoms. The van der Waals surface area contributed by atoms with Gasteiger partial charge in [-0.3, -0.25) is 9.59 Å². The molecule has 0 radical (unpaired) electrons. The average Bonchev–Trinajstić information content (AvgIpc) is 3.39. The van der Waals surface area contributed by atoms with E-state index in [0.29, 0.717) is 26.1 Å². The molecule has 0 aromatic carbocycles. The summed E-state index contributed by atoms with van der Waals surface area (Å²) in [5.74, 6) is 0.319. The van der Waals surface area contributed by atoms with Crippen molar-refractivity contribution in [3.05, 3.63) is 48.6 Å². The Morgan fingerprint density at radius 3 is 1.18 bits per heavy atom. The minimum absolute atomic E-state index is 0.0834. The monoisotopic (exact) mass is 685 g/mol. The van der Waals surface area contributed by atoms with Crippen LogP contribution in [0.4, 0.5) is 0 Å². The summed E-state index contributed by atoms with van der Waals surface area (Å²) in [5, 5.41) is 0. The lowest BCUT2D eigenvalue weighted by molar-refractivity contribution is -0.880. The molecule has 1 fully saturated rings. The highest BCUT2D eigenvalue weighted by atomic mass is 16.5. The number of rotatable bonds is 32. The number of esters is 2. The van der Waals surface area contributed by atoms with Gasteiger partial charge in [-0.1, -0.05) is 127 Å². The van der Waals surface area contributed by atoms with E-state index in [-0.39, 0.29) is 23.8 Å². The molecule has 1 aliphatic rings. The third-order valence-corrected chi connectivity index (χ3v) is 9.70. The Balaban J connectivity index is 2.07. The molecule has 0 saturated carbocycles. The third kappa shape index (κ3) is 28.3. The smallest absolute Gasteiger partial charge is 0.305 e.